The van der Waals surface area contributed by atoms with Gasteiger partial charge in [-0.1, -0.05) is 29.3 Å². The summed E-state index contributed by atoms with van der Waals surface area (Å²) in [5, 5.41) is 4.11. The van der Waals surface area contributed by atoms with Crippen LogP contribution in [-0.2, 0) is 6.54 Å². The van der Waals surface area contributed by atoms with Crippen LogP contribution in [0.4, 0.5) is 11.4 Å². The molecule has 0 aliphatic heterocycles. The minimum atomic E-state index is 0.0636. The van der Waals surface area contributed by atoms with E-state index in [2.05, 4.69) is 10.3 Å². The van der Waals surface area contributed by atoms with Crippen LogP contribution in [0.3, 0.4) is 0 Å². The smallest absolute Gasteiger partial charge is 0.218 e. The van der Waals surface area contributed by atoms with Crippen molar-refractivity contribution >= 4 is 34.6 Å². The third-order valence-corrected chi connectivity index (χ3v) is 3.48. The van der Waals surface area contributed by atoms with Crippen LogP contribution in [0.2, 0.25) is 10.0 Å². The predicted molar refractivity (Wildman–Crippen MR) is 88.2 cm³/mol. The first-order valence-electron chi connectivity index (χ1n) is 6.56. The van der Waals surface area contributed by atoms with E-state index in [-0.39, 0.29) is 6.10 Å². The largest absolute Gasteiger partial charge is 0.475 e. The normalized spacial score (nSPS) is 10.7. The van der Waals surface area contributed by atoms with E-state index in [0.717, 1.165) is 11.3 Å². The van der Waals surface area contributed by atoms with Crippen molar-refractivity contribution < 1.29 is 4.74 Å². The minimum absolute atomic E-state index is 0.0636. The monoisotopic (exact) mass is 325 g/mol. The van der Waals surface area contributed by atoms with Crippen LogP contribution in [0, 0.1) is 0 Å². The third kappa shape index (κ3) is 4.16. The SMILES string of the molecule is CC(C)Oc1ncccc1CNc1cc(Cl)c(Cl)cc1N. The van der Waals surface area contributed by atoms with Gasteiger partial charge in [0.15, 0.2) is 0 Å². The second kappa shape index (κ2) is 6.87. The summed E-state index contributed by atoms with van der Waals surface area (Å²) in [7, 11) is 0. The summed E-state index contributed by atoms with van der Waals surface area (Å²) in [6.45, 7) is 4.45. The van der Waals surface area contributed by atoms with Gasteiger partial charge in [0.25, 0.3) is 0 Å². The zero-order valence-electron chi connectivity index (χ0n) is 11.9. The van der Waals surface area contributed by atoms with E-state index in [1.54, 1.807) is 18.3 Å². The molecule has 0 atom stereocenters. The first-order valence-corrected chi connectivity index (χ1v) is 7.32. The Labute approximate surface area is 134 Å². The lowest BCUT2D eigenvalue weighted by Gasteiger charge is -2.15. The van der Waals surface area contributed by atoms with Crippen LogP contribution in [0.5, 0.6) is 5.88 Å². The van der Waals surface area contributed by atoms with Crippen molar-refractivity contribution in [1.82, 2.24) is 4.98 Å². The number of hydrogen-bond donors (Lipinski definition) is 2. The molecule has 1 aromatic heterocycles. The van der Waals surface area contributed by atoms with Gasteiger partial charge >= 0.3 is 0 Å². The Morgan fingerprint density at radius 2 is 2.00 bits per heavy atom. The highest BCUT2D eigenvalue weighted by molar-refractivity contribution is 6.42. The Kier molecular flexibility index (Phi) is 5.15. The van der Waals surface area contributed by atoms with E-state index < -0.39 is 0 Å². The molecule has 0 aliphatic rings. The average molecular weight is 326 g/mol. The molecule has 1 aromatic carbocycles. The molecule has 0 bridgehead atoms. The van der Waals surface area contributed by atoms with Crippen LogP contribution in [0.1, 0.15) is 19.4 Å². The van der Waals surface area contributed by atoms with Gasteiger partial charge in [0.1, 0.15) is 0 Å². The molecule has 0 unspecified atom stereocenters. The van der Waals surface area contributed by atoms with Crippen LogP contribution in [0.25, 0.3) is 0 Å². The number of nitrogens with one attached hydrogen (secondary N) is 1. The molecule has 112 valence electrons. The van der Waals surface area contributed by atoms with Crippen molar-refractivity contribution in [3.8, 4) is 5.88 Å². The maximum atomic E-state index is 6.00. The molecule has 6 heteroatoms. The number of nitrogens with two attached hydrogens (primary N) is 1. The number of rotatable bonds is 5. The lowest BCUT2D eigenvalue weighted by molar-refractivity contribution is 0.230. The molecule has 0 radical (unpaired) electrons. The number of anilines is 2. The summed E-state index contributed by atoms with van der Waals surface area (Å²) in [5.41, 5.74) is 8.13. The number of nitrogens with zero attached hydrogens (tertiary/aromatic N) is 1. The predicted octanol–water partition coefficient (Wildman–Crippen LogP) is 4.37. The molecule has 0 saturated carbocycles. The summed E-state index contributed by atoms with van der Waals surface area (Å²) in [6, 6.07) is 7.15. The molecule has 4 nitrogen and oxygen atoms in total. The molecule has 3 N–H and O–H groups in total. The fourth-order valence-electron chi connectivity index (χ4n) is 1.79. The van der Waals surface area contributed by atoms with Gasteiger partial charge in [0.05, 0.1) is 27.5 Å². The highest BCUT2D eigenvalue weighted by Gasteiger charge is 2.09. The molecule has 0 aliphatic carbocycles. The standard InChI is InChI=1S/C15H17Cl2N3O/c1-9(2)21-15-10(4-3-5-19-15)8-20-14-7-12(17)11(16)6-13(14)18/h3-7,9,20H,8,18H2,1-2H3. The van der Waals surface area contributed by atoms with Gasteiger partial charge in [0.2, 0.25) is 5.88 Å². The molecule has 1 heterocycles. The highest BCUT2D eigenvalue weighted by atomic mass is 35.5. The van der Waals surface area contributed by atoms with Gasteiger partial charge in [-0.15, -0.1) is 0 Å². The quantitative estimate of drug-likeness (QED) is 0.801. The molecule has 0 saturated heterocycles. The fraction of sp³-hybridized carbons (Fsp3) is 0.267. The second-order valence-corrected chi connectivity index (χ2v) is 5.66. The first-order chi connectivity index (χ1) is 9.97. The summed E-state index contributed by atoms with van der Waals surface area (Å²) in [6.07, 6.45) is 1.77. The van der Waals surface area contributed by atoms with Gasteiger partial charge in [-0.2, -0.15) is 0 Å². The van der Waals surface area contributed by atoms with E-state index in [1.807, 2.05) is 26.0 Å². The second-order valence-electron chi connectivity index (χ2n) is 4.84. The Morgan fingerprint density at radius 1 is 1.29 bits per heavy atom. The summed E-state index contributed by atoms with van der Waals surface area (Å²) in [5.74, 6) is 0.610. The minimum Gasteiger partial charge on any atom is -0.475 e. The maximum absolute atomic E-state index is 6.00. The molecule has 0 fully saturated rings. The molecular formula is C15H17Cl2N3O. The Morgan fingerprint density at radius 3 is 2.71 bits per heavy atom. The zero-order valence-corrected chi connectivity index (χ0v) is 13.4. The summed E-state index contributed by atoms with van der Waals surface area (Å²) >= 11 is 11.9. The van der Waals surface area contributed by atoms with E-state index in [1.165, 1.54) is 0 Å². The lowest BCUT2D eigenvalue weighted by atomic mass is 10.2. The van der Waals surface area contributed by atoms with E-state index in [0.29, 0.717) is 28.2 Å². The van der Waals surface area contributed by atoms with Crippen LogP contribution in [0.15, 0.2) is 30.5 Å². The van der Waals surface area contributed by atoms with Crippen LogP contribution in [-0.4, -0.2) is 11.1 Å². The van der Waals surface area contributed by atoms with Crippen molar-refractivity contribution in [1.29, 1.82) is 0 Å². The number of nitrogen functional groups attached to an aromatic ring is 1. The van der Waals surface area contributed by atoms with Crippen molar-refractivity contribution in [3.05, 3.63) is 46.1 Å². The van der Waals surface area contributed by atoms with Crippen LogP contribution >= 0.6 is 23.2 Å². The summed E-state index contributed by atoms with van der Waals surface area (Å²) < 4.78 is 5.68. The molecule has 2 aromatic rings. The molecule has 0 spiro atoms. The molecule has 21 heavy (non-hydrogen) atoms. The van der Waals surface area contributed by atoms with E-state index in [9.17, 15) is 0 Å². The Bertz CT molecular complexity index is 632. The van der Waals surface area contributed by atoms with Crippen LogP contribution < -0.4 is 15.8 Å². The first kappa shape index (κ1) is 15.7. The Balaban J connectivity index is 2.15. The van der Waals surface area contributed by atoms with Gasteiger partial charge < -0.3 is 15.8 Å². The number of ether oxygens (including phenoxy) is 1. The molecular weight excluding hydrogens is 309 g/mol. The average Bonchev–Trinajstić information content (AvgIpc) is 2.42. The number of aromatic nitrogens is 1. The molecule has 0 amide bonds. The topological polar surface area (TPSA) is 60.2 Å². The van der Waals surface area contributed by atoms with Crippen molar-refractivity contribution in [2.45, 2.75) is 26.5 Å². The summed E-state index contributed by atoms with van der Waals surface area (Å²) in [4.78, 5) is 4.24. The van der Waals surface area contributed by atoms with E-state index >= 15 is 0 Å². The van der Waals surface area contributed by atoms with Gasteiger partial charge in [0, 0.05) is 18.3 Å². The Hall–Kier alpha value is -1.65. The fourth-order valence-corrected chi connectivity index (χ4v) is 2.13. The van der Waals surface area contributed by atoms with Crippen molar-refractivity contribution in [3.63, 3.8) is 0 Å². The lowest BCUT2D eigenvalue weighted by Crippen LogP contribution is -2.11. The molecule has 2 rings (SSSR count). The number of benzene rings is 1. The third-order valence-electron chi connectivity index (χ3n) is 2.76. The van der Waals surface area contributed by atoms with Crippen molar-refractivity contribution in [2.75, 3.05) is 11.1 Å². The zero-order chi connectivity index (χ0) is 15.4. The van der Waals surface area contributed by atoms with Gasteiger partial charge in [-0.05, 0) is 32.0 Å². The van der Waals surface area contributed by atoms with E-state index in [4.69, 9.17) is 33.7 Å². The number of hydrogen-bond acceptors (Lipinski definition) is 4. The van der Waals surface area contributed by atoms with Crippen molar-refractivity contribution in [2.24, 2.45) is 0 Å². The van der Waals surface area contributed by atoms with Gasteiger partial charge in [-0.3, -0.25) is 0 Å². The maximum Gasteiger partial charge on any atom is 0.218 e. The number of halogens is 2. The highest BCUT2D eigenvalue weighted by Crippen LogP contribution is 2.31. The number of pyridine rings is 1. The van der Waals surface area contributed by atoms with Gasteiger partial charge in [-0.25, -0.2) is 4.98 Å².